The number of halogens is 1. The molecule has 1 heterocycles. The van der Waals surface area contributed by atoms with Gasteiger partial charge >= 0.3 is 0 Å². The SMILES string of the molecule is CCN1C(=O)/C(=C\c2ccc(OCc3cccc([N+](=O)[O-])c3)c(Cl)c2)c2ccccc21. The van der Waals surface area contributed by atoms with Gasteiger partial charge < -0.3 is 9.64 Å². The van der Waals surface area contributed by atoms with Gasteiger partial charge in [0.05, 0.1) is 15.6 Å². The monoisotopic (exact) mass is 434 g/mol. The predicted octanol–water partition coefficient (Wildman–Crippen LogP) is 5.73. The molecule has 0 saturated heterocycles. The molecule has 1 aliphatic heterocycles. The zero-order chi connectivity index (χ0) is 22.0. The lowest BCUT2D eigenvalue weighted by Crippen LogP contribution is -2.25. The molecule has 7 heteroatoms. The van der Waals surface area contributed by atoms with E-state index in [1.807, 2.05) is 43.3 Å². The minimum atomic E-state index is -0.444. The molecule has 3 aromatic carbocycles. The number of likely N-dealkylation sites (N-methyl/N-ethyl adjacent to an activating group) is 1. The molecule has 31 heavy (non-hydrogen) atoms. The molecule has 0 saturated carbocycles. The van der Waals surface area contributed by atoms with Crippen LogP contribution >= 0.6 is 11.6 Å². The largest absolute Gasteiger partial charge is 0.487 e. The number of non-ortho nitro benzene ring substituents is 1. The first kappa shape index (κ1) is 20.6. The summed E-state index contributed by atoms with van der Waals surface area (Å²) in [4.78, 5) is 25.1. The van der Waals surface area contributed by atoms with E-state index in [0.717, 1.165) is 16.8 Å². The van der Waals surface area contributed by atoms with Crippen LogP contribution in [0.1, 0.15) is 23.6 Å². The van der Waals surface area contributed by atoms with Crippen molar-refractivity contribution in [2.75, 3.05) is 11.4 Å². The van der Waals surface area contributed by atoms with Gasteiger partial charge in [-0.25, -0.2) is 0 Å². The second-order valence-electron chi connectivity index (χ2n) is 7.03. The smallest absolute Gasteiger partial charge is 0.269 e. The minimum absolute atomic E-state index is 0.0109. The van der Waals surface area contributed by atoms with Crippen molar-refractivity contribution in [3.8, 4) is 5.75 Å². The highest BCUT2D eigenvalue weighted by Crippen LogP contribution is 2.38. The van der Waals surface area contributed by atoms with Crippen molar-refractivity contribution in [3.63, 3.8) is 0 Å². The Hall–Kier alpha value is -3.64. The van der Waals surface area contributed by atoms with Crippen molar-refractivity contribution < 1.29 is 14.5 Å². The number of hydrogen-bond acceptors (Lipinski definition) is 4. The van der Waals surface area contributed by atoms with Crippen molar-refractivity contribution in [1.29, 1.82) is 0 Å². The molecule has 0 spiro atoms. The average Bonchev–Trinajstić information content (AvgIpc) is 3.04. The summed E-state index contributed by atoms with van der Waals surface area (Å²) in [5.41, 5.74) is 3.89. The van der Waals surface area contributed by atoms with Crippen LogP contribution in [-0.2, 0) is 11.4 Å². The van der Waals surface area contributed by atoms with Gasteiger partial charge in [-0.3, -0.25) is 14.9 Å². The first-order chi connectivity index (χ1) is 15.0. The molecule has 0 fully saturated rings. The number of amides is 1. The Labute approximate surface area is 184 Å². The van der Waals surface area contributed by atoms with Gasteiger partial charge in [0.1, 0.15) is 12.4 Å². The van der Waals surface area contributed by atoms with Crippen LogP contribution in [0, 0.1) is 10.1 Å². The molecule has 0 aliphatic carbocycles. The number of ether oxygens (including phenoxy) is 1. The summed E-state index contributed by atoms with van der Waals surface area (Å²) in [6, 6.07) is 19.3. The Morgan fingerprint density at radius 2 is 1.90 bits per heavy atom. The van der Waals surface area contributed by atoms with Crippen LogP contribution in [-0.4, -0.2) is 17.4 Å². The topological polar surface area (TPSA) is 72.7 Å². The van der Waals surface area contributed by atoms with Crippen LogP contribution in [0.5, 0.6) is 5.75 Å². The van der Waals surface area contributed by atoms with E-state index in [-0.39, 0.29) is 18.2 Å². The van der Waals surface area contributed by atoms with Crippen molar-refractivity contribution in [2.45, 2.75) is 13.5 Å². The maximum atomic E-state index is 12.8. The molecule has 1 amide bonds. The van der Waals surface area contributed by atoms with Crippen molar-refractivity contribution >= 4 is 40.5 Å². The molecular weight excluding hydrogens is 416 g/mol. The molecule has 4 rings (SSSR count). The number of hydrogen-bond donors (Lipinski definition) is 0. The lowest BCUT2D eigenvalue weighted by atomic mass is 10.0. The number of anilines is 1. The fraction of sp³-hybridized carbons (Fsp3) is 0.125. The third-order valence-corrected chi connectivity index (χ3v) is 5.35. The molecule has 156 valence electrons. The van der Waals surface area contributed by atoms with E-state index >= 15 is 0 Å². The highest BCUT2D eigenvalue weighted by atomic mass is 35.5. The van der Waals surface area contributed by atoms with Crippen LogP contribution in [0.4, 0.5) is 11.4 Å². The lowest BCUT2D eigenvalue weighted by Gasteiger charge is -2.13. The van der Waals surface area contributed by atoms with Gasteiger partial charge in [0.2, 0.25) is 0 Å². The molecule has 3 aromatic rings. The van der Waals surface area contributed by atoms with E-state index in [0.29, 0.717) is 28.5 Å². The number of nitro groups is 1. The quantitative estimate of drug-likeness (QED) is 0.282. The van der Waals surface area contributed by atoms with Gasteiger partial charge in [-0.05, 0) is 42.3 Å². The van der Waals surface area contributed by atoms with E-state index in [4.69, 9.17) is 16.3 Å². The van der Waals surface area contributed by atoms with Gasteiger partial charge in [0.15, 0.2) is 0 Å². The summed E-state index contributed by atoms with van der Waals surface area (Å²) >= 11 is 6.40. The normalized spacial score (nSPS) is 14.1. The molecule has 1 aliphatic rings. The Kier molecular flexibility index (Phi) is 5.73. The number of benzene rings is 3. The van der Waals surface area contributed by atoms with Crippen LogP contribution in [0.2, 0.25) is 5.02 Å². The Morgan fingerprint density at radius 1 is 1.10 bits per heavy atom. The van der Waals surface area contributed by atoms with Gasteiger partial charge in [0.25, 0.3) is 11.6 Å². The van der Waals surface area contributed by atoms with E-state index in [2.05, 4.69) is 0 Å². The van der Waals surface area contributed by atoms with Crippen molar-refractivity contribution in [1.82, 2.24) is 0 Å². The van der Waals surface area contributed by atoms with Gasteiger partial charge in [0, 0.05) is 29.8 Å². The number of nitrogens with zero attached hydrogens (tertiary/aromatic N) is 2. The van der Waals surface area contributed by atoms with E-state index in [1.54, 1.807) is 29.2 Å². The zero-order valence-electron chi connectivity index (χ0n) is 16.7. The van der Waals surface area contributed by atoms with E-state index < -0.39 is 4.92 Å². The average molecular weight is 435 g/mol. The van der Waals surface area contributed by atoms with Crippen LogP contribution < -0.4 is 9.64 Å². The summed E-state index contributed by atoms with van der Waals surface area (Å²) in [6.07, 6.45) is 1.83. The molecule has 0 aromatic heterocycles. The van der Waals surface area contributed by atoms with Gasteiger partial charge in [-0.2, -0.15) is 0 Å². The highest BCUT2D eigenvalue weighted by Gasteiger charge is 2.30. The number of carbonyl (C=O) groups is 1. The molecule has 0 unspecified atom stereocenters. The molecular formula is C24H19ClN2O4. The van der Waals surface area contributed by atoms with Crippen LogP contribution in [0.3, 0.4) is 0 Å². The fourth-order valence-corrected chi connectivity index (χ4v) is 3.82. The maximum Gasteiger partial charge on any atom is 0.269 e. The van der Waals surface area contributed by atoms with Gasteiger partial charge in [-0.15, -0.1) is 0 Å². The first-order valence-corrected chi connectivity index (χ1v) is 10.1. The number of rotatable bonds is 6. The first-order valence-electron chi connectivity index (χ1n) is 9.76. The van der Waals surface area contributed by atoms with Crippen molar-refractivity contribution in [2.24, 2.45) is 0 Å². The summed E-state index contributed by atoms with van der Waals surface area (Å²) < 4.78 is 5.74. The molecule has 6 nitrogen and oxygen atoms in total. The molecule has 0 N–H and O–H groups in total. The summed E-state index contributed by atoms with van der Waals surface area (Å²) in [5.74, 6) is 0.425. The van der Waals surface area contributed by atoms with Crippen LogP contribution in [0.25, 0.3) is 11.6 Å². The maximum absolute atomic E-state index is 12.8. The zero-order valence-corrected chi connectivity index (χ0v) is 17.5. The third-order valence-electron chi connectivity index (χ3n) is 5.06. The fourth-order valence-electron chi connectivity index (χ4n) is 3.57. The standard InChI is InChI=1S/C24H19ClN2O4/c1-2-26-22-9-4-3-8-19(22)20(24(26)28)13-16-10-11-23(21(25)14-16)31-15-17-6-5-7-18(12-17)27(29)30/h3-14H,2,15H2,1H3/b20-13-. The predicted molar refractivity (Wildman–Crippen MR) is 121 cm³/mol. The second kappa shape index (κ2) is 8.62. The Balaban J connectivity index is 1.55. The summed E-state index contributed by atoms with van der Waals surface area (Å²) in [5, 5.41) is 11.3. The number of nitro benzene ring substituents is 1. The number of para-hydroxylation sites is 1. The third kappa shape index (κ3) is 4.15. The number of carbonyl (C=O) groups excluding carboxylic acids is 1. The van der Waals surface area contributed by atoms with Crippen molar-refractivity contribution in [3.05, 3.63) is 98.6 Å². The Bertz CT molecular complexity index is 1210. The summed E-state index contributed by atoms with van der Waals surface area (Å²) in [7, 11) is 0. The molecule has 0 bridgehead atoms. The van der Waals surface area contributed by atoms with Crippen LogP contribution in [0.15, 0.2) is 66.7 Å². The van der Waals surface area contributed by atoms with E-state index in [9.17, 15) is 14.9 Å². The highest BCUT2D eigenvalue weighted by molar-refractivity contribution is 6.36. The number of fused-ring (bicyclic) bond motifs is 1. The minimum Gasteiger partial charge on any atom is -0.487 e. The summed E-state index contributed by atoms with van der Waals surface area (Å²) in [6.45, 7) is 2.69. The Morgan fingerprint density at radius 3 is 2.65 bits per heavy atom. The lowest BCUT2D eigenvalue weighted by molar-refractivity contribution is -0.384. The van der Waals surface area contributed by atoms with Gasteiger partial charge in [-0.1, -0.05) is 48.0 Å². The second-order valence-corrected chi connectivity index (χ2v) is 7.44. The molecule has 0 radical (unpaired) electrons. The van der Waals surface area contributed by atoms with E-state index in [1.165, 1.54) is 12.1 Å². The molecule has 0 atom stereocenters.